The van der Waals surface area contributed by atoms with E-state index >= 15 is 0 Å². The first-order valence-electron chi connectivity index (χ1n) is 15.9. The van der Waals surface area contributed by atoms with Gasteiger partial charge in [-0.25, -0.2) is 18.4 Å². The third kappa shape index (κ3) is 7.37. The average Bonchev–Trinajstić information content (AvgIpc) is 3.06. The first-order valence-corrected chi connectivity index (χ1v) is 17.8. The number of aliphatic hydroxyl groups excluding tert-OH is 1. The van der Waals surface area contributed by atoms with Crippen molar-refractivity contribution in [3.05, 3.63) is 70.3 Å². The van der Waals surface area contributed by atoms with Crippen LogP contribution in [0.15, 0.2) is 48.6 Å². The highest BCUT2D eigenvalue weighted by atomic mass is 35.5. The minimum absolute atomic E-state index is 0.0221. The molecule has 1 heterocycles. The van der Waals surface area contributed by atoms with Gasteiger partial charge in [0.1, 0.15) is 11.4 Å². The zero-order valence-electron chi connectivity index (χ0n) is 27.0. The van der Waals surface area contributed by atoms with Gasteiger partial charge >= 0.3 is 5.97 Å². The molecule has 2 aliphatic carbocycles. The summed E-state index contributed by atoms with van der Waals surface area (Å²) in [6.07, 6.45) is 7.74. The summed E-state index contributed by atoms with van der Waals surface area (Å²) in [5.74, 6) is 0.555. The zero-order chi connectivity index (χ0) is 32.8. The van der Waals surface area contributed by atoms with Crippen LogP contribution in [0.3, 0.4) is 0 Å². The van der Waals surface area contributed by atoms with Crippen LogP contribution >= 0.6 is 11.6 Å². The van der Waals surface area contributed by atoms with Crippen LogP contribution in [-0.2, 0) is 26.6 Å². The zero-order valence-corrected chi connectivity index (χ0v) is 28.6. The van der Waals surface area contributed by atoms with Gasteiger partial charge in [0, 0.05) is 23.5 Å². The standard InChI is InChI=1S/C35H47ClN2O6S/c1-33(2,3)44-32(40)24-11-15-31-29(19-24)38(21-35(22-43-31)17-6-8-23-18-26(36)12-14-28(23)35)20-25-10-13-27(25)30(39)9-7-16-34(4,5)45(37,41)42/h7,9,11-12,14-15,18-19,25,27,30,39H,6,8,10,13,16-17,20-22H2,1-5H3,(H2,37,41,42)/b9-7+/t25-,27+,30-,35?/m0/s1. The molecule has 45 heavy (non-hydrogen) atoms. The highest BCUT2D eigenvalue weighted by Gasteiger charge is 2.44. The van der Waals surface area contributed by atoms with E-state index in [0.717, 1.165) is 48.6 Å². The van der Waals surface area contributed by atoms with Gasteiger partial charge in [-0.05, 0) is 126 Å². The monoisotopic (exact) mass is 658 g/mol. The third-order valence-electron chi connectivity index (χ3n) is 9.75. The lowest BCUT2D eigenvalue weighted by Gasteiger charge is -2.45. The number of sulfonamides is 1. The SMILES string of the molecule is CC(C)(C)OC(=O)c1ccc2c(c1)N(C[C@@H]1CC[C@H]1[C@@H](O)/C=C/CC(C)(C)S(N)(=O)=O)CC1(CCCc3cc(Cl)ccc31)CO2. The molecule has 1 aliphatic heterocycles. The van der Waals surface area contributed by atoms with E-state index in [-0.39, 0.29) is 29.6 Å². The van der Waals surface area contributed by atoms with E-state index in [0.29, 0.717) is 25.3 Å². The van der Waals surface area contributed by atoms with Crippen molar-refractivity contribution in [2.45, 2.75) is 95.0 Å². The summed E-state index contributed by atoms with van der Waals surface area (Å²) in [5, 5.41) is 17.3. The van der Waals surface area contributed by atoms with E-state index in [2.05, 4.69) is 17.0 Å². The molecule has 0 radical (unpaired) electrons. The number of halogens is 1. The van der Waals surface area contributed by atoms with Crippen LogP contribution in [0.2, 0.25) is 5.02 Å². The normalized spacial score (nSPS) is 24.3. The molecule has 4 atom stereocenters. The summed E-state index contributed by atoms with van der Waals surface area (Å²) in [5.41, 5.74) is 2.94. The van der Waals surface area contributed by atoms with Crippen LogP contribution in [0.5, 0.6) is 5.75 Å². The second-order valence-corrected chi connectivity index (χ2v) is 17.3. The molecule has 2 aromatic rings. The second kappa shape index (κ2) is 12.5. The minimum atomic E-state index is -3.72. The number of rotatable bonds is 8. The van der Waals surface area contributed by atoms with Crippen LogP contribution in [0.4, 0.5) is 5.69 Å². The van der Waals surface area contributed by atoms with E-state index in [1.54, 1.807) is 32.1 Å². The highest BCUT2D eigenvalue weighted by molar-refractivity contribution is 7.90. The molecule has 246 valence electrons. The summed E-state index contributed by atoms with van der Waals surface area (Å²) in [6.45, 7) is 10.6. The van der Waals surface area contributed by atoms with Crippen LogP contribution in [0.1, 0.15) is 88.2 Å². The van der Waals surface area contributed by atoms with Gasteiger partial charge in [0.15, 0.2) is 0 Å². The molecule has 1 saturated carbocycles. The number of ether oxygens (including phenoxy) is 2. The van der Waals surface area contributed by atoms with Crippen molar-refractivity contribution in [2.24, 2.45) is 17.0 Å². The predicted molar refractivity (Wildman–Crippen MR) is 179 cm³/mol. The number of primary sulfonamides is 1. The molecule has 0 amide bonds. The van der Waals surface area contributed by atoms with Crippen molar-refractivity contribution in [3.63, 3.8) is 0 Å². The van der Waals surface area contributed by atoms with Crippen molar-refractivity contribution < 1.29 is 27.8 Å². The Labute approximate surface area is 273 Å². The van der Waals surface area contributed by atoms with Crippen LogP contribution in [0.25, 0.3) is 0 Å². The quantitative estimate of drug-likeness (QED) is 0.257. The molecule has 5 rings (SSSR count). The van der Waals surface area contributed by atoms with Gasteiger partial charge in [0.2, 0.25) is 10.0 Å². The smallest absolute Gasteiger partial charge is 0.338 e. The summed E-state index contributed by atoms with van der Waals surface area (Å²) in [4.78, 5) is 15.5. The van der Waals surface area contributed by atoms with Gasteiger partial charge in [-0.2, -0.15) is 0 Å². The maximum absolute atomic E-state index is 13.1. The van der Waals surface area contributed by atoms with Gasteiger partial charge in [0.05, 0.1) is 28.7 Å². The second-order valence-electron chi connectivity index (χ2n) is 14.7. The van der Waals surface area contributed by atoms with Crippen molar-refractivity contribution in [2.75, 3.05) is 24.6 Å². The number of benzene rings is 2. The van der Waals surface area contributed by atoms with Crippen molar-refractivity contribution in [1.29, 1.82) is 0 Å². The lowest BCUT2D eigenvalue weighted by Crippen LogP contribution is -2.49. The summed E-state index contributed by atoms with van der Waals surface area (Å²) >= 11 is 6.40. The number of fused-ring (bicyclic) bond motifs is 3. The van der Waals surface area contributed by atoms with Crippen molar-refractivity contribution in [1.82, 2.24) is 0 Å². The molecule has 1 fully saturated rings. The largest absolute Gasteiger partial charge is 0.490 e. The molecule has 1 spiro atoms. The third-order valence-corrected chi connectivity index (χ3v) is 11.7. The summed E-state index contributed by atoms with van der Waals surface area (Å²) in [7, 11) is -3.72. The van der Waals surface area contributed by atoms with E-state index in [1.807, 2.05) is 39.0 Å². The number of esters is 1. The lowest BCUT2D eigenvalue weighted by atomic mass is 9.68. The molecular weight excluding hydrogens is 612 g/mol. The van der Waals surface area contributed by atoms with Gasteiger partial charge < -0.3 is 19.5 Å². The molecule has 3 N–H and O–H groups in total. The fourth-order valence-electron chi connectivity index (χ4n) is 6.88. The summed E-state index contributed by atoms with van der Waals surface area (Å²) in [6, 6.07) is 11.7. The number of carbonyl (C=O) groups excluding carboxylic acids is 1. The molecule has 3 aliphatic rings. The molecule has 0 bridgehead atoms. The Morgan fingerprint density at radius 2 is 1.96 bits per heavy atom. The Kier molecular flexibility index (Phi) is 9.41. The molecule has 1 unspecified atom stereocenters. The average molecular weight is 659 g/mol. The number of nitrogens with two attached hydrogens (primary N) is 1. The number of hydrogen-bond donors (Lipinski definition) is 2. The fraction of sp³-hybridized carbons (Fsp3) is 0.571. The number of hydrogen-bond acceptors (Lipinski definition) is 7. The summed E-state index contributed by atoms with van der Waals surface area (Å²) < 4.78 is 35.0. The van der Waals surface area contributed by atoms with Gasteiger partial charge in [-0.15, -0.1) is 0 Å². The van der Waals surface area contributed by atoms with E-state index in [9.17, 15) is 18.3 Å². The Morgan fingerprint density at radius 1 is 1.20 bits per heavy atom. The number of carbonyl (C=O) groups is 1. The van der Waals surface area contributed by atoms with E-state index in [1.165, 1.54) is 11.1 Å². The molecule has 0 aromatic heterocycles. The Bertz CT molecular complexity index is 1570. The van der Waals surface area contributed by atoms with Crippen molar-refractivity contribution >= 4 is 33.3 Å². The first kappa shape index (κ1) is 33.8. The van der Waals surface area contributed by atoms with Crippen LogP contribution < -0.4 is 14.8 Å². The van der Waals surface area contributed by atoms with Gasteiger partial charge in [-0.3, -0.25) is 0 Å². The van der Waals surface area contributed by atoms with Gasteiger partial charge in [0.25, 0.3) is 0 Å². The van der Waals surface area contributed by atoms with E-state index in [4.69, 9.17) is 26.2 Å². The number of aliphatic hydroxyl groups is 1. The number of anilines is 1. The maximum atomic E-state index is 13.1. The first-order chi connectivity index (χ1) is 21.0. The van der Waals surface area contributed by atoms with E-state index < -0.39 is 26.5 Å². The Balaban J connectivity index is 1.44. The lowest BCUT2D eigenvalue weighted by molar-refractivity contribution is 0.00694. The molecule has 0 saturated heterocycles. The topological polar surface area (TPSA) is 119 Å². The van der Waals surface area contributed by atoms with Crippen molar-refractivity contribution in [3.8, 4) is 5.75 Å². The fourth-order valence-corrected chi connectivity index (χ4v) is 7.41. The van der Waals surface area contributed by atoms with Crippen LogP contribution in [-0.4, -0.2) is 55.6 Å². The highest BCUT2D eigenvalue weighted by Crippen LogP contribution is 2.46. The van der Waals surface area contributed by atoms with Gasteiger partial charge in [-0.1, -0.05) is 29.8 Å². The van der Waals surface area contributed by atoms with Crippen LogP contribution in [0, 0.1) is 11.8 Å². The Hall–Kier alpha value is -2.59. The molecule has 8 nitrogen and oxygen atoms in total. The predicted octanol–water partition coefficient (Wildman–Crippen LogP) is 6.17. The minimum Gasteiger partial charge on any atom is -0.490 e. The number of nitrogens with zero attached hydrogens (tertiary/aromatic N) is 1. The maximum Gasteiger partial charge on any atom is 0.338 e. The molecular formula is C35H47ClN2O6S. The molecule has 2 aromatic carbocycles. The number of allylic oxidation sites excluding steroid dienone is 1. The Morgan fingerprint density at radius 3 is 2.62 bits per heavy atom. The number of aryl methyl sites for hydroxylation is 1. The molecule has 10 heteroatoms.